The molecule has 0 aliphatic carbocycles. The third-order valence-corrected chi connectivity index (χ3v) is 5.33. The number of aromatic nitrogens is 1. The lowest BCUT2D eigenvalue weighted by Crippen LogP contribution is -2.22. The van der Waals surface area contributed by atoms with E-state index in [9.17, 15) is 15.4 Å². The van der Waals surface area contributed by atoms with E-state index in [4.69, 9.17) is 0 Å². The highest BCUT2D eigenvalue weighted by molar-refractivity contribution is 7.19. The highest BCUT2D eigenvalue weighted by Gasteiger charge is 2.18. The van der Waals surface area contributed by atoms with Gasteiger partial charge in [0.2, 0.25) is 0 Å². The van der Waals surface area contributed by atoms with Crippen LogP contribution in [0.2, 0.25) is 0 Å². The average molecular weight is 378 g/mol. The molecule has 3 aromatic rings. The molecule has 0 N–H and O–H groups in total. The summed E-state index contributed by atoms with van der Waals surface area (Å²) in [5.41, 5.74) is 2.45. The molecule has 0 aliphatic heterocycles. The van der Waals surface area contributed by atoms with Gasteiger partial charge in [0.05, 0.1) is 20.7 Å². The molecule has 27 heavy (non-hydrogen) atoms. The number of rotatable bonds is 6. The van der Waals surface area contributed by atoms with Crippen molar-refractivity contribution in [1.29, 1.82) is 5.26 Å². The predicted molar refractivity (Wildman–Crippen MR) is 110 cm³/mol. The lowest BCUT2D eigenvalue weighted by Gasteiger charge is -2.20. The van der Waals surface area contributed by atoms with Gasteiger partial charge in [-0.25, -0.2) is 4.98 Å². The molecule has 0 saturated carbocycles. The lowest BCUT2D eigenvalue weighted by atomic mass is 10.1. The molecule has 0 bridgehead atoms. The zero-order valence-corrected chi connectivity index (χ0v) is 15.9. The van der Waals surface area contributed by atoms with E-state index >= 15 is 0 Å². The Morgan fingerprint density at radius 3 is 2.67 bits per heavy atom. The minimum Gasteiger partial charge on any atom is -0.367 e. The van der Waals surface area contributed by atoms with Crippen molar-refractivity contribution in [2.75, 3.05) is 18.0 Å². The van der Waals surface area contributed by atoms with Crippen LogP contribution in [-0.2, 0) is 0 Å². The second kappa shape index (κ2) is 7.98. The molecular formula is C20H18N4O2S. The van der Waals surface area contributed by atoms with Gasteiger partial charge in [-0.2, -0.15) is 5.26 Å². The minimum absolute atomic E-state index is 0.0361. The number of hydrogen-bond acceptors (Lipinski definition) is 6. The zero-order valence-electron chi connectivity index (χ0n) is 15.0. The monoisotopic (exact) mass is 378 g/mol. The summed E-state index contributed by atoms with van der Waals surface area (Å²) in [5, 5.41) is 21.7. The molecule has 0 spiro atoms. The van der Waals surface area contributed by atoms with Gasteiger partial charge in [-0.3, -0.25) is 10.1 Å². The summed E-state index contributed by atoms with van der Waals surface area (Å²) in [6, 6.07) is 14.9. The molecule has 0 aliphatic rings. The highest BCUT2D eigenvalue weighted by atomic mass is 32.1. The van der Waals surface area contributed by atoms with Crippen LogP contribution in [0, 0.1) is 21.4 Å². The van der Waals surface area contributed by atoms with Crippen molar-refractivity contribution < 1.29 is 4.92 Å². The summed E-state index contributed by atoms with van der Waals surface area (Å²) in [6.45, 7) is 5.28. The van der Waals surface area contributed by atoms with Crippen molar-refractivity contribution in [3.63, 3.8) is 0 Å². The normalized spacial score (nSPS) is 11.4. The third-order valence-electron chi connectivity index (χ3n) is 4.26. The molecule has 136 valence electrons. The summed E-state index contributed by atoms with van der Waals surface area (Å²) in [7, 11) is 0. The van der Waals surface area contributed by atoms with E-state index in [1.807, 2.05) is 43.0 Å². The Hall–Kier alpha value is -3.24. The fourth-order valence-corrected chi connectivity index (χ4v) is 3.84. The van der Waals surface area contributed by atoms with Crippen molar-refractivity contribution in [2.24, 2.45) is 0 Å². The number of nitriles is 1. The van der Waals surface area contributed by atoms with Crippen molar-refractivity contribution in [3.05, 3.63) is 63.1 Å². The SMILES string of the molecule is CCN(CC)c1ccc(/C=C(/C#N)c2nc3ccccc3s2)cc1[N+](=O)[O-]. The Kier molecular flexibility index (Phi) is 5.48. The molecule has 6 nitrogen and oxygen atoms in total. The first-order valence-corrected chi connectivity index (χ1v) is 9.40. The zero-order chi connectivity index (χ0) is 19.4. The number of para-hydroxylation sites is 1. The molecule has 7 heteroatoms. The molecule has 2 aromatic carbocycles. The Morgan fingerprint density at radius 1 is 1.30 bits per heavy atom. The second-order valence-electron chi connectivity index (χ2n) is 5.83. The summed E-state index contributed by atoms with van der Waals surface area (Å²) in [4.78, 5) is 17.6. The maximum Gasteiger partial charge on any atom is 0.293 e. The van der Waals surface area contributed by atoms with E-state index in [0.717, 1.165) is 10.2 Å². The maximum absolute atomic E-state index is 11.5. The summed E-state index contributed by atoms with van der Waals surface area (Å²) < 4.78 is 0.997. The summed E-state index contributed by atoms with van der Waals surface area (Å²) in [6.07, 6.45) is 1.65. The molecule has 0 unspecified atom stereocenters. The van der Waals surface area contributed by atoms with Crippen LogP contribution in [0.1, 0.15) is 24.4 Å². The van der Waals surface area contributed by atoms with Gasteiger partial charge in [0.25, 0.3) is 5.69 Å². The topological polar surface area (TPSA) is 83.1 Å². The molecule has 0 amide bonds. The molecule has 1 heterocycles. The van der Waals surface area contributed by atoms with Crippen LogP contribution in [-0.4, -0.2) is 23.0 Å². The van der Waals surface area contributed by atoms with E-state index in [1.54, 1.807) is 18.2 Å². The summed E-state index contributed by atoms with van der Waals surface area (Å²) in [5.74, 6) is 0. The molecule has 0 saturated heterocycles. The van der Waals surface area contributed by atoms with Crippen LogP contribution in [0.15, 0.2) is 42.5 Å². The molecule has 0 radical (unpaired) electrons. The van der Waals surface area contributed by atoms with Gasteiger partial charge in [-0.1, -0.05) is 18.2 Å². The number of thiazole rings is 1. The predicted octanol–water partition coefficient (Wildman–Crippen LogP) is 5.11. The molecular weight excluding hydrogens is 360 g/mol. The number of fused-ring (bicyclic) bond motifs is 1. The largest absolute Gasteiger partial charge is 0.367 e. The van der Waals surface area contributed by atoms with Crippen LogP contribution < -0.4 is 4.90 Å². The van der Waals surface area contributed by atoms with E-state index in [0.29, 0.717) is 34.9 Å². The first-order valence-electron chi connectivity index (χ1n) is 8.58. The number of allylic oxidation sites excluding steroid dienone is 1. The van der Waals surface area contributed by atoms with E-state index in [1.165, 1.54) is 17.4 Å². The van der Waals surface area contributed by atoms with Crippen molar-refractivity contribution in [1.82, 2.24) is 4.98 Å². The van der Waals surface area contributed by atoms with Crippen LogP contribution in [0.5, 0.6) is 0 Å². The Bertz CT molecular complexity index is 1030. The smallest absolute Gasteiger partial charge is 0.293 e. The molecule has 1 aromatic heterocycles. The fourth-order valence-electron chi connectivity index (χ4n) is 2.90. The Morgan fingerprint density at radius 2 is 2.04 bits per heavy atom. The average Bonchev–Trinajstić information content (AvgIpc) is 3.11. The van der Waals surface area contributed by atoms with Crippen molar-refractivity contribution in [2.45, 2.75) is 13.8 Å². The fraction of sp³-hybridized carbons (Fsp3) is 0.200. The quantitative estimate of drug-likeness (QED) is 0.338. The molecule has 0 fully saturated rings. The number of benzene rings is 2. The molecule has 3 rings (SSSR count). The van der Waals surface area contributed by atoms with Gasteiger partial charge in [-0.05, 0) is 43.7 Å². The van der Waals surface area contributed by atoms with E-state index in [2.05, 4.69) is 11.1 Å². The number of anilines is 1. The number of hydrogen-bond donors (Lipinski definition) is 0. The number of nitro groups is 1. The van der Waals surface area contributed by atoms with Crippen molar-refractivity contribution in [3.8, 4) is 6.07 Å². The number of nitro benzene ring substituents is 1. The second-order valence-corrected chi connectivity index (χ2v) is 6.86. The highest BCUT2D eigenvalue weighted by Crippen LogP contribution is 2.32. The van der Waals surface area contributed by atoms with E-state index in [-0.39, 0.29) is 10.6 Å². The van der Waals surface area contributed by atoms with Gasteiger partial charge in [0.1, 0.15) is 16.8 Å². The number of nitrogens with zero attached hydrogens (tertiary/aromatic N) is 4. The molecule has 0 atom stereocenters. The third kappa shape index (κ3) is 3.81. The van der Waals surface area contributed by atoms with Crippen LogP contribution in [0.25, 0.3) is 21.9 Å². The first-order chi connectivity index (χ1) is 13.1. The maximum atomic E-state index is 11.5. The van der Waals surface area contributed by atoms with Crippen LogP contribution >= 0.6 is 11.3 Å². The Labute approximate surface area is 161 Å². The van der Waals surface area contributed by atoms with Gasteiger partial charge in [-0.15, -0.1) is 11.3 Å². The van der Waals surface area contributed by atoms with Crippen molar-refractivity contribution >= 4 is 44.6 Å². The standard InChI is InChI=1S/C20H18N4O2S/c1-3-23(4-2)17-10-9-14(12-18(17)24(25)26)11-15(13-21)20-22-16-7-5-6-8-19(16)27-20/h5-12H,3-4H2,1-2H3/b15-11-. The Balaban J connectivity index is 2.05. The summed E-state index contributed by atoms with van der Waals surface area (Å²) >= 11 is 1.43. The van der Waals surface area contributed by atoms with Gasteiger partial charge < -0.3 is 4.90 Å². The van der Waals surface area contributed by atoms with Crippen LogP contribution in [0.3, 0.4) is 0 Å². The van der Waals surface area contributed by atoms with Gasteiger partial charge in [0.15, 0.2) is 0 Å². The first kappa shape index (κ1) is 18.5. The van der Waals surface area contributed by atoms with Gasteiger partial charge >= 0.3 is 0 Å². The lowest BCUT2D eigenvalue weighted by molar-refractivity contribution is -0.384. The van der Waals surface area contributed by atoms with Gasteiger partial charge in [0, 0.05) is 19.2 Å². The van der Waals surface area contributed by atoms with E-state index < -0.39 is 0 Å². The van der Waals surface area contributed by atoms with Crippen LogP contribution in [0.4, 0.5) is 11.4 Å². The minimum atomic E-state index is -0.380.